The molecule has 0 aromatic heterocycles. The van der Waals surface area contributed by atoms with Crippen LogP contribution in [0, 0.1) is 0 Å². The number of hydrogen-bond donors (Lipinski definition) is 2. The van der Waals surface area contributed by atoms with Gasteiger partial charge in [-0.25, -0.2) is 0 Å². The normalized spacial score (nSPS) is 11.3. The zero-order valence-corrected chi connectivity index (χ0v) is 10.5. The molecule has 90 valence electrons. The molecule has 0 rings (SSSR count). The van der Waals surface area contributed by atoms with E-state index in [9.17, 15) is 3.74 Å². The van der Waals surface area contributed by atoms with E-state index in [0.717, 1.165) is 12.8 Å². The van der Waals surface area contributed by atoms with Crippen LogP contribution in [0.4, 0.5) is 0 Å². The minimum absolute atomic E-state index is 0. The van der Waals surface area contributed by atoms with E-state index in [1.165, 1.54) is 25.7 Å². The van der Waals surface area contributed by atoms with Crippen LogP contribution in [0.25, 0.3) is 0 Å². The topological polar surface area (TPSA) is 81.5 Å². The van der Waals surface area contributed by atoms with Gasteiger partial charge in [-0.15, -0.1) is 0 Å². The van der Waals surface area contributed by atoms with E-state index in [0.29, 0.717) is 6.61 Å². The minimum atomic E-state index is -3.21. The Balaban J connectivity index is -0.000000605. The van der Waals surface area contributed by atoms with Crippen LogP contribution < -0.4 is 6.15 Å². The third-order valence-electron chi connectivity index (χ3n) is 1.72. The van der Waals surface area contributed by atoms with Crippen LogP contribution in [0.3, 0.4) is 0 Å². The molecule has 0 aliphatic carbocycles. The summed E-state index contributed by atoms with van der Waals surface area (Å²) in [6, 6.07) is 0. The third kappa shape index (κ3) is 18.1. The molecule has 5 heteroatoms. The second-order valence-electron chi connectivity index (χ2n) is 2.88. The standard InChI is InChI=1S/C8H19AsO3.CH4.H3N/c1-2-3-4-5-6-7-8-12-9(10)11;;/h9H,2-8H2,1H3,(H,10,11);1H4;1H3. The van der Waals surface area contributed by atoms with Crippen LogP contribution in [-0.2, 0) is 7.47 Å². The van der Waals surface area contributed by atoms with Crippen LogP contribution in [0.1, 0.15) is 52.9 Å². The number of hydrogen-bond acceptors (Lipinski definition) is 3. The Kier molecular flexibility index (Phi) is 22.2. The van der Waals surface area contributed by atoms with Crippen molar-refractivity contribution in [1.82, 2.24) is 6.15 Å². The first kappa shape index (κ1) is 19.8. The van der Waals surface area contributed by atoms with Crippen LogP contribution >= 0.6 is 0 Å². The smallest absolute Gasteiger partial charge is 0.344 e. The fraction of sp³-hybridized carbons (Fsp3) is 1.00. The van der Waals surface area contributed by atoms with Crippen molar-refractivity contribution in [3.05, 3.63) is 0 Å². The first-order valence-corrected chi connectivity index (χ1v) is 7.28. The molecule has 4 N–H and O–H groups in total. The Bertz CT molecular complexity index is 123. The van der Waals surface area contributed by atoms with Crippen molar-refractivity contribution < 1.29 is 11.6 Å². The van der Waals surface area contributed by atoms with Gasteiger partial charge in [0.25, 0.3) is 0 Å². The molecule has 0 aromatic rings. The summed E-state index contributed by atoms with van der Waals surface area (Å²) in [6.45, 7) is 2.64. The quantitative estimate of drug-likeness (QED) is 0.524. The SMILES string of the molecule is C.CCCCCCCCO[AsH](=O)O.N. The largest absolute Gasteiger partial charge is 0.344 e. The average molecular weight is 271 g/mol. The predicted molar refractivity (Wildman–Crippen MR) is 61.1 cm³/mol. The zero-order chi connectivity index (χ0) is 9.23. The molecule has 4 nitrogen and oxygen atoms in total. The summed E-state index contributed by atoms with van der Waals surface area (Å²) in [6.07, 6.45) is 7.08. The molecule has 0 saturated carbocycles. The van der Waals surface area contributed by atoms with Crippen LogP contribution in [0.15, 0.2) is 0 Å². The molecule has 0 amide bonds. The Labute approximate surface area is 92.8 Å². The van der Waals surface area contributed by atoms with Crippen molar-refractivity contribution in [1.29, 1.82) is 0 Å². The van der Waals surface area contributed by atoms with Gasteiger partial charge in [-0.1, -0.05) is 7.43 Å². The van der Waals surface area contributed by atoms with Gasteiger partial charge >= 0.3 is 78.9 Å². The molecule has 0 spiro atoms. The Morgan fingerprint density at radius 1 is 1.14 bits per heavy atom. The summed E-state index contributed by atoms with van der Waals surface area (Å²) in [4.78, 5) is 0. The van der Waals surface area contributed by atoms with Gasteiger partial charge in [0.05, 0.1) is 0 Å². The minimum Gasteiger partial charge on any atom is -0.344 e. The van der Waals surface area contributed by atoms with Gasteiger partial charge in [0.15, 0.2) is 0 Å². The molecule has 14 heavy (non-hydrogen) atoms. The Morgan fingerprint density at radius 2 is 1.64 bits per heavy atom. The zero-order valence-electron chi connectivity index (χ0n) is 8.42. The van der Waals surface area contributed by atoms with E-state index in [4.69, 9.17) is 4.10 Å². The van der Waals surface area contributed by atoms with Crippen LogP contribution in [0.5, 0.6) is 0 Å². The summed E-state index contributed by atoms with van der Waals surface area (Å²) in [5, 5.41) is 0. The molecular weight excluding hydrogens is 245 g/mol. The molecule has 0 aromatic carbocycles. The van der Waals surface area contributed by atoms with Crippen LogP contribution in [-0.4, -0.2) is 26.0 Å². The molecule has 0 radical (unpaired) electrons. The van der Waals surface area contributed by atoms with E-state index < -0.39 is 15.3 Å². The average Bonchev–Trinajstić information content (AvgIpc) is 2.02. The van der Waals surface area contributed by atoms with Gasteiger partial charge < -0.3 is 6.15 Å². The third-order valence-corrected chi connectivity index (χ3v) is 2.67. The molecule has 0 aliphatic heterocycles. The second kappa shape index (κ2) is 15.7. The summed E-state index contributed by atoms with van der Waals surface area (Å²) < 4.78 is 23.2. The van der Waals surface area contributed by atoms with Crippen molar-refractivity contribution in [2.75, 3.05) is 6.61 Å². The molecule has 0 heterocycles. The van der Waals surface area contributed by atoms with E-state index in [-0.39, 0.29) is 13.6 Å². The van der Waals surface area contributed by atoms with E-state index in [2.05, 4.69) is 10.6 Å². The maximum absolute atomic E-state index is 10.2. The predicted octanol–water partition coefficient (Wildman–Crippen LogP) is 2.30. The van der Waals surface area contributed by atoms with Crippen molar-refractivity contribution in [2.24, 2.45) is 0 Å². The first-order chi connectivity index (χ1) is 5.77. The van der Waals surface area contributed by atoms with Crippen molar-refractivity contribution in [3.63, 3.8) is 0 Å². The second-order valence-corrected chi connectivity index (χ2v) is 4.60. The Morgan fingerprint density at radius 3 is 2.14 bits per heavy atom. The van der Waals surface area contributed by atoms with Gasteiger partial charge in [0, 0.05) is 0 Å². The monoisotopic (exact) mass is 271 g/mol. The summed E-state index contributed by atoms with van der Waals surface area (Å²) in [5.74, 6) is 0. The molecule has 0 aliphatic rings. The van der Waals surface area contributed by atoms with Gasteiger partial charge in [-0.3, -0.25) is 0 Å². The van der Waals surface area contributed by atoms with E-state index in [1.54, 1.807) is 0 Å². The maximum atomic E-state index is 10.2. The number of rotatable bonds is 8. The van der Waals surface area contributed by atoms with E-state index in [1.807, 2.05) is 0 Å². The first-order valence-electron chi connectivity index (χ1n) is 4.63. The molecule has 0 bridgehead atoms. The molecular formula is C9H26AsNO3. The van der Waals surface area contributed by atoms with E-state index >= 15 is 0 Å². The van der Waals surface area contributed by atoms with Crippen molar-refractivity contribution in [2.45, 2.75) is 52.9 Å². The van der Waals surface area contributed by atoms with Crippen LogP contribution in [0.2, 0.25) is 0 Å². The van der Waals surface area contributed by atoms with Crippen molar-refractivity contribution in [3.8, 4) is 0 Å². The number of unbranched alkanes of at least 4 members (excludes halogenated alkanes) is 5. The fourth-order valence-corrected chi connectivity index (χ4v) is 1.71. The summed E-state index contributed by atoms with van der Waals surface area (Å²) >= 11 is -3.21. The summed E-state index contributed by atoms with van der Waals surface area (Å²) in [7, 11) is 0. The molecule has 1 atom stereocenters. The Hall–Kier alpha value is 0.238. The molecule has 1 unspecified atom stereocenters. The van der Waals surface area contributed by atoms with Gasteiger partial charge in [-0.05, 0) is 0 Å². The van der Waals surface area contributed by atoms with Gasteiger partial charge in [-0.2, -0.15) is 0 Å². The molecule has 0 fully saturated rings. The maximum Gasteiger partial charge on any atom is -0.344 e. The van der Waals surface area contributed by atoms with Gasteiger partial charge in [0.2, 0.25) is 0 Å². The van der Waals surface area contributed by atoms with Crippen molar-refractivity contribution >= 4 is 15.3 Å². The van der Waals surface area contributed by atoms with Gasteiger partial charge in [0.1, 0.15) is 0 Å². The molecule has 0 saturated heterocycles. The summed E-state index contributed by atoms with van der Waals surface area (Å²) in [5.41, 5.74) is 0. The fourth-order valence-electron chi connectivity index (χ4n) is 1.04.